The summed E-state index contributed by atoms with van der Waals surface area (Å²) in [6.07, 6.45) is 7.48. The number of nitrogens with zero attached hydrogens (tertiary/aromatic N) is 2. The molecule has 0 N–H and O–H groups in total. The van der Waals surface area contributed by atoms with E-state index in [9.17, 15) is 28.0 Å². The Morgan fingerprint density at radius 2 is 0.845 bits per heavy atom. The highest BCUT2D eigenvalue weighted by Gasteiger charge is 2.47. The van der Waals surface area contributed by atoms with E-state index in [0.29, 0.717) is 13.1 Å². The van der Waals surface area contributed by atoms with Gasteiger partial charge in [0.15, 0.2) is 0 Å². The minimum Gasteiger partial charge on any atom is -0.445 e. The Kier molecular flexibility index (Phi) is 14.5. The van der Waals surface area contributed by atoms with Gasteiger partial charge in [-0.2, -0.15) is 0 Å². The first-order valence-corrected chi connectivity index (χ1v) is 19.8. The van der Waals surface area contributed by atoms with E-state index in [0.717, 1.165) is 101 Å². The van der Waals surface area contributed by atoms with E-state index < -0.39 is 46.7 Å². The predicted octanol–water partition coefficient (Wildman–Crippen LogP) is 7.98. The van der Waals surface area contributed by atoms with E-state index >= 15 is 0 Å². The zero-order valence-electron chi connectivity index (χ0n) is 32.4. The fourth-order valence-corrected chi connectivity index (χ4v) is 7.16. The van der Waals surface area contributed by atoms with E-state index in [1.807, 2.05) is 0 Å². The molecule has 4 aromatic carbocycles. The molecule has 4 aromatic rings. The maximum Gasteiger partial charge on any atom is 0.334 e. The number of para-hydroxylation sites is 2. The molecule has 6 rings (SSSR count). The lowest BCUT2D eigenvalue weighted by Gasteiger charge is -2.35. The van der Waals surface area contributed by atoms with Gasteiger partial charge in [0.05, 0.1) is 0 Å². The van der Waals surface area contributed by atoms with Gasteiger partial charge in [0.2, 0.25) is 11.6 Å². The SMILES string of the molecule is O=C(/C=C\C(=O)OC(CCN1CCCCC1)(Oc1ccccc1)C(=O)c1ccc(F)cc1)OC(CCN1CCCCC1)(Oc1ccccc1)C(=O)c1ccc(F)cc1. The molecule has 0 aliphatic carbocycles. The molecule has 0 amide bonds. The Balaban J connectivity index is 1.30. The van der Waals surface area contributed by atoms with Crippen LogP contribution in [0.4, 0.5) is 8.78 Å². The highest BCUT2D eigenvalue weighted by molar-refractivity contribution is 6.05. The van der Waals surface area contributed by atoms with Crippen LogP contribution in [0.2, 0.25) is 0 Å². The van der Waals surface area contributed by atoms with Crippen LogP contribution in [0.5, 0.6) is 11.5 Å². The van der Waals surface area contributed by atoms with Gasteiger partial charge in [0.1, 0.15) is 23.1 Å². The molecule has 10 nitrogen and oxygen atoms in total. The average molecular weight is 795 g/mol. The molecule has 304 valence electrons. The summed E-state index contributed by atoms with van der Waals surface area (Å²) in [5, 5.41) is 0. The van der Waals surface area contributed by atoms with Crippen LogP contribution in [0.1, 0.15) is 72.1 Å². The number of carbonyl (C=O) groups is 4. The van der Waals surface area contributed by atoms with Gasteiger partial charge in [-0.25, -0.2) is 18.4 Å². The largest absolute Gasteiger partial charge is 0.445 e. The van der Waals surface area contributed by atoms with Crippen molar-refractivity contribution >= 4 is 23.5 Å². The summed E-state index contributed by atoms with van der Waals surface area (Å²) in [4.78, 5) is 60.7. The van der Waals surface area contributed by atoms with Gasteiger partial charge in [-0.05, 0) is 125 Å². The molecule has 0 aromatic heterocycles. The smallest absolute Gasteiger partial charge is 0.334 e. The Bertz CT molecular complexity index is 1860. The van der Waals surface area contributed by atoms with Crippen LogP contribution in [-0.2, 0) is 19.1 Å². The van der Waals surface area contributed by atoms with Crippen molar-refractivity contribution < 1.29 is 46.9 Å². The van der Waals surface area contributed by atoms with Crippen molar-refractivity contribution in [2.24, 2.45) is 0 Å². The quantitative estimate of drug-likeness (QED) is 0.0426. The Morgan fingerprint density at radius 1 is 0.500 bits per heavy atom. The van der Waals surface area contributed by atoms with Crippen molar-refractivity contribution in [3.8, 4) is 11.5 Å². The maximum atomic E-state index is 14.4. The normalized spacial score (nSPS) is 17.1. The molecule has 0 bridgehead atoms. The summed E-state index contributed by atoms with van der Waals surface area (Å²) < 4.78 is 52.4. The molecule has 2 aliphatic rings. The second-order valence-corrected chi connectivity index (χ2v) is 14.5. The third kappa shape index (κ3) is 11.4. The van der Waals surface area contributed by atoms with Crippen molar-refractivity contribution in [3.63, 3.8) is 0 Å². The lowest BCUT2D eigenvalue weighted by atomic mass is 9.98. The highest BCUT2D eigenvalue weighted by atomic mass is 19.1. The molecule has 2 saturated heterocycles. The van der Waals surface area contributed by atoms with Crippen LogP contribution in [0, 0.1) is 11.6 Å². The second kappa shape index (κ2) is 20.1. The van der Waals surface area contributed by atoms with E-state index in [-0.39, 0.29) is 35.5 Å². The van der Waals surface area contributed by atoms with Crippen molar-refractivity contribution in [1.29, 1.82) is 0 Å². The maximum absolute atomic E-state index is 14.4. The number of likely N-dealkylation sites (tertiary alicyclic amines) is 2. The zero-order valence-corrected chi connectivity index (χ0v) is 32.4. The zero-order chi connectivity index (χ0) is 40.8. The first kappa shape index (κ1) is 41.9. The topological polar surface area (TPSA) is 112 Å². The number of ether oxygens (including phenoxy) is 4. The summed E-state index contributed by atoms with van der Waals surface area (Å²) in [7, 11) is 0. The Labute approximate surface area is 337 Å². The molecule has 2 unspecified atom stereocenters. The molecule has 2 aliphatic heterocycles. The molecule has 0 radical (unpaired) electrons. The summed E-state index contributed by atoms with van der Waals surface area (Å²) >= 11 is 0. The van der Waals surface area contributed by atoms with Crippen molar-refractivity contribution in [3.05, 3.63) is 144 Å². The number of ketones is 2. The van der Waals surface area contributed by atoms with Crippen LogP contribution in [0.15, 0.2) is 121 Å². The fraction of sp³-hybridized carbons (Fsp3) is 0.348. The lowest BCUT2D eigenvalue weighted by molar-refractivity contribution is -0.181. The Morgan fingerprint density at radius 3 is 1.19 bits per heavy atom. The second-order valence-electron chi connectivity index (χ2n) is 14.5. The van der Waals surface area contributed by atoms with Gasteiger partial charge in [0.25, 0.3) is 0 Å². The van der Waals surface area contributed by atoms with Crippen LogP contribution in [0.3, 0.4) is 0 Å². The van der Waals surface area contributed by atoms with Crippen LogP contribution >= 0.6 is 0 Å². The van der Waals surface area contributed by atoms with Crippen LogP contribution in [0.25, 0.3) is 0 Å². The van der Waals surface area contributed by atoms with Crippen molar-refractivity contribution in [1.82, 2.24) is 9.80 Å². The van der Waals surface area contributed by atoms with E-state index in [2.05, 4.69) is 9.80 Å². The number of carbonyl (C=O) groups excluding carboxylic acids is 4. The summed E-state index contributed by atoms with van der Waals surface area (Å²) in [6, 6.07) is 26.5. The van der Waals surface area contributed by atoms with E-state index in [1.165, 1.54) is 24.3 Å². The Hall–Kier alpha value is -5.72. The highest BCUT2D eigenvalue weighted by Crippen LogP contribution is 2.31. The third-order valence-electron chi connectivity index (χ3n) is 10.3. The van der Waals surface area contributed by atoms with Gasteiger partial charge in [-0.3, -0.25) is 9.59 Å². The summed E-state index contributed by atoms with van der Waals surface area (Å²) in [5.41, 5.74) is 0.0889. The first-order chi connectivity index (χ1) is 28.1. The summed E-state index contributed by atoms with van der Waals surface area (Å²) in [5.74, 6) is -8.77. The van der Waals surface area contributed by atoms with Gasteiger partial charge < -0.3 is 28.7 Å². The predicted molar refractivity (Wildman–Crippen MR) is 212 cm³/mol. The van der Waals surface area contributed by atoms with Crippen LogP contribution in [-0.4, -0.2) is 84.1 Å². The number of benzene rings is 4. The van der Waals surface area contributed by atoms with Gasteiger partial charge in [-0.1, -0.05) is 49.2 Å². The number of Topliss-reactive ketones (excluding diaryl/α,β-unsaturated/α-hetero) is 2. The molecule has 2 heterocycles. The molecular formula is C46H48F2N2O8. The number of hydrogen-bond donors (Lipinski definition) is 0. The monoisotopic (exact) mass is 794 g/mol. The van der Waals surface area contributed by atoms with E-state index in [4.69, 9.17) is 18.9 Å². The first-order valence-electron chi connectivity index (χ1n) is 19.8. The van der Waals surface area contributed by atoms with Gasteiger partial charge >= 0.3 is 23.5 Å². The number of esters is 2. The number of rotatable bonds is 18. The number of hydrogen-bond acceptors (Lipinski definition) is 10. The van der Waals surface area contributed by atoms with Gasteiger partial charge in [-0.15, -0.1) is 0 Å². The molecular weight excluding hydrogens is 747 g/mol. The minimum absolute atomic E-state index is 0.0445. The minimum atomic E-state index is -2.23. The third-order valence-corrected chi connectivity index (χ3v) is 10.3. The molecule has 2 fully saturated rings. The molecule has 0 spiro atoms. The number of halogens is 2. The average Bonchev–Trinajstić information content (AvgIpc) is 3.25. The molecule has 58 heavy (non-hydrogen) atoms. The number of piperidine rings is 2. The summed E-state index contributed by atoms with van der Waals surface area (Å²) in [6.45, 7) is 3.81. The van der Waals surface area contributed by atoms with Crippen molar-refractivity contribution in [2.75, 3.05) is 39.3 Å². The molecule has 12 heteroatoms. The lowest BCUT2D eigenvalue weighted by Crippen LogP contribution is -2.51. The van der Waals surface area contributed by atoms with Crippen LogP contribution < -0.4 is 9.47 Å². The van der Waals surface area contributed by atoms with Gasteiger partial charge in [0, 0.05) is 49.2 Å². The molecule has 0 saturated carbocycles. The standard InChI is InChI=1S/C46H48F2N2O8/c47-37-21-17-35(18-22-37)43(53)45(55-39-13-5-1-6-14-39,27-33-49-29-9-3-10-30-49)57-41(51)25-26-42(52)58-46(56-40-15-7-2-8-16-40,28-34-50-31-11-4-12-32-50)44(54)36-19-23-38(48)24-20-36/h1-2,5-8,13-26H,3-4,9-12,27-34H2/b26-25-. The fourth-order valence-electron chi connectivity index (χ4n) is 7.16. The van der Waals surface area contributed by atoms with E-state index in [1.54, 1.807) is 60.7 Å². The van der Waals surface area contributed by atoms with Crippen molar-refractivity contribution in [2.45, 2.75) is 62.9 Å². The molecule has 2 atom stereocenters.